The molecule has 0 saturated carbocycles. The van der Waals surface area contributed by atoms with Crippen molar-refractivity contribution in [1.29, 1.82) is 0 Å². The molecule has 2 aromatic heterocycles. The average molecular weight is 489 g/mol. The molecule has 0 aliphatic rings. The van der Waals surface area contributed by atoms with E-state index >= 15 is 0 Å². The smallest absolute Gasteiger partial charge is 0.237 e. The van der Waals surface area contributed by atoms with E-state index < -0.39 is 5.25 Å². The predicted octanol–water partition coefficient (Wildman–Crippen LogP) is 6.35. The van der Waals surface area contributed by atoms with Gasteiger partial charge in [-0.2, -0.15) is 0 Å². The minimum absolute atomic E-state index is 0.220. The number of halogens is 2. The number of para-hydroxylation sites is 2. The second-order valence-corrected chi connectivity index (χ2v) is 9.83. The van der Waals surface area contributed by atoms with Crippen molar-refractivity contribution in [1.82, 2.24) is 14.8 Å². The van der Waals surface area contributed by atoms with Crippen LogP contribution in [0.4, 0.5) is 5.69 Å². The molecule has 158 valence electrons. The normalized spacial score (nSPS) is 12.0. The van der Waals surface area contributed by atoms with Crippen molar-refractivity contribution in [3.63, 3.8) is 0 Å². The van der Waals surface area contributed by atoms with Gasteiger partial charge in [0.2, 0.25) is 5.91 Å². The highest BCUT2D eigenvalue weighted by molar-refractivity contribution is 8.00. The third-order valence-corrected chi connectivity index (χ3v) is 7.04. The number of thioether (sulfide) groups is 1. The van der Waals surface area contributed by atoms with Crippen molar-refractivity contribution >= 4 is 57.9 Å². The first-order chi connectivity index (χ1) is 15.0. The van der Waals surface area contributed by atoms with Gasteiger partial charge < -0.3 is 5.32 Å². The topological polar surface area (TPSA) is 59.8 Å². The van der Waals surface area contributed by atoms with Gasteiger partial charge in [-0.1, -0.05) is 65.3 Å². The van der Waals surface area contributed by atoms with E-state index in [1.165, 1.54) is 16.6 Å². The van der Waals surface area contributed by atoms with Gasteiger partial charge >= 0.3 is 0 Å². The van der Waals surface area contributed by atoms with E-state index in [-0.39, 0.29) is 5.91 Å². The molecule has 1 unspecified atom stereocenters. The van der Waals surface area contributed by atoms with Gasteiger partial charge in [0, 0.05) is 17.0 Å². The SMILES string of the molecule is CC(Sc1nnc(Cc2cccs2)n1-c1ccccc1)C(=O)Nc1c(Cl)cccc1Cl. The maximum atomic E-state index is 12.8. The maximum Gasteiger partial charge on any atom is 0.237 e. The Labute approximate surface area is 198 Å². The number of aromatic nitrogens is 3. The Hall–Kier alpha value is -2.32. The summed E-state index contributed by atoms with van der Waals surface area (Å²) in [5, 5.41) is 14.6. The summed E-state index contributed by atoms with van der Waals surface area (Å²) in [5.74, 6) is 0.598. The van der Waals surface area contributed by atoms with Crippen LogP contribution < -0.4 is 5.32 Å². The van der Waals surface area contributed by atoms with Gasteiger partial charge in [-0.25, -0.2) is 0 Å². The maximum absolute atomic E-state index is 12.8. The number of hydrogen-bond donors (Lipinski definition) is 1. The number of thiophene rings is 1. The van der Waals surface area contributed by atoms with Gasteiger partial charge in [-0.3, -0.25) is 9.36 Å². The molecule has 31 heavy (non-hydrogen) atoms. The van der Waals surface area contributed by atoms with Crippen LogP contribution in [-0.2, 0) is 11.2 Å². The molecule has 9 heteroatoms. The number of nitrogens with one attached hydrogen (secondary N) is 1. The first-order valence-corrected chi connectivity index (χ1v) is 12.0. The largest absolute Gasteiger partial charge is 0.323 e. The highest BCUT2D eigenvalue weighted by atomic mass is 35.5. The molecular weight excluding hydrogens is 471 g/mol. The Kier molecular flexibility index (Phi) is 6.97. The van der Waals surface area contributed by atoms with E-state index in [2.05, 4.69) is 21.6 Å². The minimum Gasteiger partial charge on any atom is -0.323 e. The molecule has 5 nitrogen and oxygen atoms in total. The monoisotopic (exact) mass is 488 g/mol. The van der Waals surface area contributed by atoms with Crippen LogP contribution in [0.5, 0.6) is 0 Å². The van der Waals surface area contributed by atoms with Crippen molar-refractivity contribution in [3.05, 3.63) is 86.8 Å². The average Bonchev–Trinajstić information content (AvgIpc) is 3.42. The van der Waals surface area contributed by atoms with Gasteiger partial charge in [0.25, 0.3) is 0 Å². The molecule has 0 aliphatic carbocycles. The third-order valence-electron chi connectivity index (χ3n) is 4.49. The number of hydrogen-bond acceptors (Lipinski definition) is 5. The number of rotatable bonds is 7. The first-order valence-electron chi connectivity index (χ1n) is 9.46. The van der Waals surface area contributed by atoms with Gasteiger partial charge in [-0.15, -0.1) is 21.5 Å². The molecule has 0 saturated heterocycles. The van der Waals surface area contributed by atoms with Gasteiger partial charge in [0.05, 0.1) is 21.0 Å². The van der Waals surface area contributed by atoms with Crippen LogP contribution in [0.15, 0.2) is 71.2 Å². The highest BCUT2D eigenvalue weighted by Gasteiger charge is 2.22. The fourth-order valence-corrected chi connectivity index (χ4v) is 5.03. The van der Waals surface area contributed by atoms with Crippen LogP contribution in [0.1, 0.15) is 17.6 Å². The van der Waals surface area contributed by atoms with Crippen LogP contribution in [0.2, 0.25) is 10.0 Å². The fourth-order valence-electron chi connectivity index (χ4n) is 2.95. The Balaban J connectivity index is 1.59. The number of anilines is 1. The molecule has 1 atom stereocenters. The van der Waals surface area contributed by atoms with Gasteiger partial charge in [0.1, 0.15) is 5.82 Å². The van der Waals surface area contributed by atoms with E-state index in [9.17, 15) is 4.79 Å². The lowest BCUT2D eigenvalue weighted by molar-refractivity contribution is -0.115. The summed E-state index contributed by atoms with van der Waals surface area (Å²) < 4.78 is 2.00. The highest BCUT2D eigenvalue weighted by Crippen LogP contribution is 2.32. The van der Waals surface area contributed by atoms with Crippen molar-refractivity contribution in [2.24, 2.45) is 0 Å². The molecule has 0 fully saturated rings. The summed E-state index contributed by atoms with van der Waals surface area (Å²) >= 11 is 15.4. The number of carbonyl (C=O) groups is 1. The Morgan fingerprint density at radius 3 is 2.48 bits per heavy atom. The van der Waals surface area contributed by atoms with Crippen molar-refractivity contribution in [3.8, 4) is 5.69 Å². The predicted molar refractivity (Wildman–Crippen MR) is 129 cm³/mol. The van der Waals surface area contributed by atoms with E-state index in [0.29, 0.717) is 27.3 Å². The van der Waals surface area contributed by atoms with Gasteiger partial charge in [0.15, 0.2) is 5.16 Å². The summed E-state index contributed by atoms with van der Waals surface area (Å²) in [6.07, 6.45) is 0.663. The number of benzene rings is 2. The summed E-state index contributed by atoms with van der Waals surface area (Å²) in [5.41, 5.74) is 1.36. The zero-order valence-electron chi connectivity index (χ0n) is 16.5. The zero-order chi connectivity index (χ0) is 21.8. The molecule has 0 radical (unpaired) electrons. The Bertz CT molecular complexity index is 1160. The molecule has 2 heterocycles. The summed E-state index contributed by atoms with van der Waals surface area (Å²) in [6.45, 7) is 1.81. The Morgan fingerprint density at radius 1 is 1.06 bits per heavy atom. The van der Waals surface area contributed by atoms with Crippen molar-refractivity contribution in [2.45, 2.75) is 23.8 Å². The third kappa shape index (κ3) is 5.13. The quantitative estimate of drug-likeness (QED) is 0.308. The summed E-state index contributed by atoms with van der Waals surface area (Å²) in [7, 11) is 0. The summed E-state index contributed by atoms with van der Waals surface area (Å²) in [4.78, 5) is 14.0. The molecule has 1 N–H and O–H groups in total. The molecule has 0 bridgehead atoms. The van der Waals surface area contributed by atoms with E-state index in [1.54, 1.807) is 29.5 Å². The molecule has 4 rings (SSSR count). The number of carbonyl (C=O) groups excluding carboxylic acids is 1. The van der Waals surface area contributed by atoms with Crippen LogP contribution in [0, 0.1) is 0 Å². The standard InChI is InChI=1S/C22H18Cl2N4OS2/c1-14(21(29)25-20-17(23)10-5-11-18(20)24)31-22-27-26-19(13-16-9-6-12-30-16)28(22)15-7-3-2-4-8-15/h2-12,14H,13H2,1H3,(H,25,29). The minimum atomic E-state index is -0.450. The summed E-state index contributed by atoms with van der Waals surface area (Å²) in [6, 6.07) is 19.1. The molecule has 4 aromatic rings. The lowest BCUT2D eigenvalue weighted by Crippen LogP contribution is -2.23. The molecule has 2 aromatic carbocycles. The molecular formula is C22H18Cl2N4OS2. The van der Waals surface area contributed by atoms with E-state index in [1.807, 2.05) is 53.3 Å². The Morgan fingerprint density at radius 2 is 1.81 bits per heavy atom. The fraction of sp³-hybridized carbons (Fsp3) is 0.136. The molecule has 0 aliphatic heterocycles. The zero-order valence-corrected chi connectivity index (χ0v) is 19.6. The lowest BCUT2D eigenvalue weighted by atomic mass is 10.3. The van der Waals surface area contributed by atoms with Crippen LogP contribution in [0.3, 0.4) is 0 Å². The second kappa shape index (κ2) is 9.87. The van der Waals surface area contributed by atoms with Crippen molar-refractivity contribution < 1.29 is 4.79 Å². The van der Waals surface area contributed by atoms with E-state index in [0.717, 1.165) is 11.5 Å². The van der Waals surface area contributed by atoms with Gasteiger partial charge in [-0.05, 0) is 42.6 Å². The number of amides is 1. The second-order valence-electron chi connectivity index (χ2n) is 6.67. The first kappa shape index (κ1) is 21.9. The number of nitrogens with zero attached hydrogens (tertiary/aromatic N) is 3. The van der Waals surface area contributed by atoms with Crippen molar-refractivity contribution in [2.75, 3.05) is 5.32 Å². The van der Waals surface area contributed by atoms with E-state index in [4.69, 9.17) is 23.2 Å². The molecule has 0 spiro atoms. The van der Waals surface area contributed by atoms with Crippen LogP contribution in [-0.4, -0.2) is 25.9 Å². The van der Waals surface area contributed by atoms with Crippen LogP contribution in [0.25, 0.3) is 5.69 Å². The molecule has 1 amide bonds. The lowest BCUT2D eigenvalue weighted by Gasteiger charge is -2.15. The van der Waals surface area contributed by atoms with Crippen LogP contribution >= 0.6 is 46.3 Å².